The molecule has 0 fully saturated rings. The van der Waals surface area contributed by atoms with Crippen molar-refractivity contribution < 1.29 is 13.2 Å². The van der Waals surface area contributed by atoms with Crippen molar-refractivity contribution in [1.29, 1.82) is 0 Å². The molecular formula is C8H8F3N3S. The number of hydrogen-bond donors (Lipinski definition) is 2. The number of halogens is 3. The van der Waals surface area contributed by atoms with Gasteiger partial charge in [-0.2, -0.15) is 13.2 Å². The van der Waals surface area contributed by atoms with E-state index in [0.29, 0.717) is 5.56 Å². The van der Waals surface area contributed by atoms with Crippen LogP contribution in [-0.4, -0.2) is 22.7 Å². The molecule has 15 heavy (non-hydrogen) atoms. The molecule has 1 aromatic rings. The SMILES string of the molecule is NC(=S)c1cccnc1NCC(F)(F)F. The van der Waals surface area contributed by atoms with Crippen molar-refractivity contribution in [3.63, 3.8) is 0 Å². The van der Waals surface area contributed by atoms with Gasteiger partial charge in [0.15, 0.2) is 0 Å². The monoisotopic (exact) mass is 235 g/mol. The lowest BCUT2D eigenvalue weighted by Gasteiger charge is -2.11. The number of rotatable bonds is 3. The number of thiocarbonyl (C=S) groups is 1. The first-order valence-corrected chi connectivity index (χ1v) is 4.36. The first kappa shape index (κ1) is 11.7. The summed E-state index contributed by atoms with van der Waals surface area (Å²) in [6.45, 7) is -1.17. The lowest BCUT2D eigenvalue weighted by Crippen LogP contribution is -2.23. The normalized spacial score (nSPS) is 11.1. The van der Waals surface area contributed by atoms with Gasteiger partial charge in [-0.1, -0.05) is 12.2 Å². The highest BCUT2D eigenvalue weighted by molar-refractivity contribution is 7.80. The van der Waals surface area contributed by atoms with Crippen LogP contribution in [0, 0.1) is 0 Å². The van der Waals surface area contributed by atoms with Gasteiger partial charge in [0.2, 0.25) is 0 Å². The molecule has 1 aromatic heterocycles. The fraction of sp³-hybridized carbons (Fsp3) is 0.250. The van der Waals surface area contributed by atoms with Crippen LogP contribution in [0.15, 0.2) is 18.3 Å². The zero-order valence-corrected chi connectivity index (χ0v) is 8.32. The van der Waals surface area contributed by atoms with Gasteiger partial charge in [0.05, 0.1) is 5.56 Å². The van der Waals surface area contributed by atoms with E-state index in [2.05, 4.69) is 22.5 Å². The zero-order valence-electron chi connectivity index (χ0n) is 7.51. The molecule has 0 atom stereocenters. The summed E-state index contributed by atoms with van der Waals surface area (Å²) in [4.78, 5) is 3.73. The van der Waals surface area contributed by atoms with Gasteiger partial charge in [0.1, 0.15) is 17.4 Å². The Bertz CT molecular complexity index is 364. The van der Waals surface area contributed by atoms with Gasteiger partial charge in [-0.3, -0.25) is 0 Å². The quantitative estimate of drug-likeness (QED) is 0.783. The molecule has 7 heteroatoms. The predicted octanol–water partition coefficient (Wildman–Crippen LogP) is 1.69. The predicted molar refractivity (Wildman–Crippen MR) is 54.7 cm³/mol. The number of alkyl halides is 3. The van der Waals surface area contributed by atoms with Crippen LogP contribution in [0.2, 0.25) is 0 Å². The molecule has 0 amide bonds. The minimum atomic E-state index is -4.30. The van der Waals surface area contributed by atoms with Gasteiger partial charge >= 0.3 is 6.18 Å². The van der Waals surface area contributed by atoms with Crippen molar-refractivity contribution in [2.24, 2.45) is 5.73 Å². The van der Waals surface area contributed by atoms with E-state index in [1.165, 1.54) is 12.3 Å². The second kappa shape index (κ2) is 4.43. The van der Waals surface area contributed by atoms with E-state index in [4.69, 9.17) is 5.73 Å². The maximum atomic E-state index is 11.9. The Balaban J connectivity index is 2.81. The van der Waals surface area contributed by atoms with Crippen LogP contribution in [0.1, 0.15) is 5.56 Å². The van der Waals surface area contributed by atoms with Crippen LogP contribution in [0.4, 0.5) is 19.0 Å². The van der Waals surface area contributed by atoms with Crippen LogP contribution < -0.4 is 11.1 Å². The fourth-order valence-corrected chi connectivity index (χ4v) is 1.09. The molecular weight excluding hydrogens is 227 g/mol. The van der Waals surface area contributed by atoms with Crippen molar-refractivity contribution in [2.75, 3.05) is 11.9 Å². The number of nitrogens with two attached hydrogens (primary N) is 1. The lowest BCUT2D eigenvalue weighted by molar-refractivity contribution is -0.115. The van der Waals surface area contributed by atoms with Crippen molar-refractivity contribution in [3.8, 4) is 0 Å². The summed E-state index contributed by atoms with van der Waals surface area (Å²) < 4.78 is 35.8. The minimum Gasteiger partial charge on any atom is -0.389 e. The third-order valence-corrected chi connectivity index (χ3v) is 1.75. The van der Waals surface area contributed by atoms with E-state index in [1.807, 2.05) is 0 Å². The van der Waals surface area contributed by atoms with Gasteiger partial charge in [-0.05, 0) is 12.1 Å². The van der Waals surface area contributed by atoms with Gasteiger partial charge in [-0.15, -0.1) is 0 Å². The van der Waals surface area contributed by atoms with Crippen LogP contribution in [-0.2, 0) is 0 Å². The number of hydrogen-bond acceptors (Lipinski definition) is 3. The average molecular weight is 235 g/mol. The molecule has 0 aliphatic rings. The van der Waals surface area contributed by atoms with Gasteiger partial charge in [0, 0.05) is 6.20 Å². The molecule has 0 aliphatic heterocycles. The Hall–Kier alpha value is -1.37. The van der Waals surface area contributed by atoms with E-state index in [0.717, 1.165) is 0 Å². The first-order chi connectivity index (χ1) is 6.90. The highest BCUT2D eigenvalue weighted by Gasteiger charge is 2.27. The summed E-state index contributed by atoms with van der Waals surface area (Å²) in [5.41, 5.74) is 5.63. The molecule has 82 valence electrons. The van der Waals surface area contributed by atoms with E-state index < -0.39 is 12.7 Å². The Kier molecular flexibility index (Phi) is 3.46. The Labute approximate surface area is 89.5 Å². The van der Waals surface area contributed by atoms with E-state index in [1.54, 1.807) is 6.07 Å². The molecule has 3 nitrogen and oxygen atoms in total. The molecule has 1 heterocycles. The Morgan fingerprint density at radius 2 is 2.20 bits per heavy atom. The van der Waals surface area contributed by atoms with Crippen LogP contribution in [0.5, 0.6) is 0 Å². The van der Waals surface area contributed by atoms with Crippen LogP contribution in [0.3, 0.4) is 0 Å². The van der Waals surface area contributed by atoms with Crippen molar-refractivity contribution in [3.05, 3.63) is 23.9 Å². The molecule has 1 rings (SSSR count). The van der Waals surface area contributed by atoms with E-state index >= 15 is 0 Å². The number of anilines is 1. The van der Waals surface area contributed by atoms with Gasteiger partial charge < -0.3 is 11.1 Å². The summed E-state index contributed by atoms with van der Waals surface area (Å²) >= 11 is 4.67. The third-order valence-electron chi connectivity index (χ3n) is 1.53. The van der Waals surface area contributed by atoms with Crippen LogP contribution >= 0.6 is 12.2 Å². The third kappa shape index (κ3) is 3.70. The number of nitrogens with zero attached hydrogens (tertiary/aromatic N) is 1. The Morgan fingerprint density at radius 3 is 2.73 bits per heavy atom. The molecule has 3 N–H and O–H groups in total. The average Bonchev–Trinajstić information content (AvgIpc) is 2.14. The van der Waals surface area contributed by atoms with Crippen molar-refractivity contribution >= 4 is 23.0 Å². The number of aromatic nitrogens is 1. The lowest BCUT2D eigenvalue weighted by atomic mass is 10.2. The molecule has 0 radical (unpaired) electrons. The zero-order chi connectivity index (χ0) is 11.5. The summed E-state index contributed by atoms with van der Waals surface area (Å²) in [5.74, 6) is 0.0438. The number of pyridine rings is 1. The maximum Gasteiger partial charge on any atom is 0.405 e. The Morgan fingerprint density at radius 1 is 1.53 bits per heavy atom. The van der Waals surface area contributed by atoms with E-state index in [9.17, 15) is 13.2 Å². The highest BCUT2D eigenvalue weighted by atomic mass is 32.1. The molecule has 0 saturated heterocycles. The summed E-state index contributed by atoms with van der Waals surface area (Å²) in [7, 11) is 0. The maximum absolute atomic E-state index is 11.9. The second-order valence-corrected chi connectivity index (χ2v) is 3.17. The topological polar surface area (TPSA) is 50.9 Å². The molecule has 0 aromatic carbocycles. The van der Waals surface area contributed by atoms with Crippen molar-refractivity contribution in [1.82, 2.24) is 4.98 Å². The minimum absolute atomic E-state index is 0.00720. The van der Waals surface area contributed by atoms with E-state index in [-0.39, 0.29) is 10.8 Å². The molecule has 0 saturated carbocycles. The largest absolute Gasteiger partial charge is 0.405 e. The standard InChI is InChI=1S/C8H8F3N3S/c9-8(10,11)4-14-7-5(6(12)15)2-1-3-13-7/h1-3H,4H2,(H2,12,15)(H,13,14). The second-order valence-electron chi connectivity index (χ2n) is 2.73. The molecule has 0 aliphatic carbocycles. The smallest absolute Gasteiger partial charge is 0.389 e. The van der Waals surface area contributed by atoms with Gasteiger partial charge in [0.25, 0.3) is 0 Å². The number of nitrogens with one attached hydrogen (secondary N) is 1. The molecule has 0 spiro atoms. The van der Waals surface area contributed by atoms with Gasteiger partial charge in [-0.25, -0.2) is 4.98 Å². The summed E-state index contributed by atoms with van der Waals surface area (Å²) in [6, 6.07) is 3.06. The van der Waals surface area contributed by atoms with Crippen LogP contribution in [0.25, 0.3) is 0 Å². The summed E-state index contributed by atoms with van der Waals surface area (Å²) in [6.07, 6.45) is -2.94. The summed E-state index contributed by atoms with van der Waals surface area (Å²) in [5, 5.41) is 2.13. The van der Waals surface area contributed by atoms with Crippen molar-refractivity contribution in [2.45, 2.75) is 6.18 Å². The first-order valence-electron chi connectivity index (χ1n) is 3.95. The molecule has 0 unspecified atom stereocenters. The highest BCUT2D eigenvalue weighted by Crippen LogP contribution is 2.17. The molecule has 0 bridgehead atoms. The fourth-order valence-electron chi connectivity index (χ4n) is 0.929.